The van der Waals surface area contributed by atoms with Gasteiger partial charge < -0.3 is 15.5 Å². The molecule has 0 radical (unpaired) electrons. The molecule has 1 aliphatic rings. The molecule has 1 aromatic rings. The van der Waals surface area contributed by atoms with Crippen LogP contribution in [0.15, 0.2) is 11.4 Å². The van der Waals surface area contributed by atoms with E-state index < -0.39 is 0 Å². The Kier molecular flexibility index (Phi) is 4.28. The Morgan fingerprint density at radius 1 is 1.58 bits per heavy atom. The Hall–Kier alpha value is -0.910. The van der Waals surface area contributed by atoms with Crippen LogP contribution in [-0.2, 0) is 6.54 Å². The molecule has 0 aromatic carbocycles. The summed E-state index contributed by atoms with van der Waals surface area (Å²) in [7, 11) is 4.04. The fourth-order valence-corrected chi connectivity index (χ4v) is 3.38. The molecule has 1 amide bonds. The number of hydrogen-bond acceptors (Lipinski definition) is 4. The molecular weight excluding hydrogens is 258 g/mol. The smallest absolute Gasteiger partial charge is 0.264 e. The van der Waals surface area contributed by atoms with Gasteiger partial charge in [0.25, 0.3) is 5.91 Å². The highest BCUT2D eigenvalue weighted by molar-refractivity contribution is 7.12. The molecule has 2 N–H and O–H groups in total. The lowest BCUT2D eigenvalue weighted by Crippen LogP contribution is -2.34. The first-order chi connectivity index (χ1) is 8.95. The standard InChI is InChI=1S/C14H23N3OS/c1-14(9-15)5-6-17(10-14)13(18)12-11(4-7-19-12)8-16(2)3/h4,7H,5-6,8-10,15H2,1-3H3. The molecule has 0 bridgehead atoms. The van der Waals surface area contributed by atoms with Gasteiger partial charge in [-0.05, 0) is 49.5 Å². The third-order valence-electron chi connectivity index (χ3n) is 3.77. The maximum atomic E-state index is 12.6. The van der Waals surface area contributed by atoms with E-state index in [4.69, 9.17) is 5.73 Å². The molecule has 1 fully saturated rings. The van der Waals surface area contributed by atoms with E-state index in [0.717, 1.165) is 36.5 Å². The van der Waals surface area contributed by atoms with Gasteiger partial charge in [0, 0.05) is 19.6 Å². The predicted octanol–water partition coefficient (Wildman–Crippen LogP) is 1.62. The molecule has 0 aliphatic carbocycles. The van der Waals surface area contributed by atoms with Gasteiger partial charge in [-0.15, -0.1) is 11.3 Å². The summed E-state index contributed by atoms with van der Waals surface area (Å²) in [5.74, 6) is 0.170. The van der Waals surface area contributed by atoms with Crippen LogP contribution in [0, 0.1) is 5.41 Å². The summed E-state index contributed by atoms with van der Waals surface area (Å²) in [6.07, 6.45) is 1.00. The summed E-state index contributed by atoms with van der Waals surface area (Å²) in [5.41, 5.74) is 7.02. The van der Waals surface area contributed by atoms with Gasteiger partial charge in [-0.1, -0.05) is 6.92 Å². The number of thiophene rings is 1. The van der Waals surface area contributed by atoms with Crippen molar-refractivity contribution in [1.29, 1.82) is 0 Å². The van der Waals surface area contributed by atoms with E-state index in [-0.39, 0.29) is 11.3 Å². The summed E-state index contributed by atoms with van der Waals surface area (Å²) >= 11 is 1.55. The second-order valence-corrected chi connectivity index (χ2v) is 6.92. The van der Waals surface area contributed by atoms with Gasteiger partial charge in [0.15, 0.2) is 0 Å². The van der Waals surface area contributed by atoms with Crippen molar-refractivity contribution in [2.45, 2.75) is 19.9 Å². The van der Waals surface area contributed by atoms with Crippen LogP contribution < -0.4 is 5.73 Å². The molecule has 4 nitrogen and oxygen atoms in total. The van der Waals surface area contributed by atoms with E-state index in [2.05, 4.69) is 17.9 Å². The van der Waals surface area contributed by atoms with E-state index in [1.54, 1.807) is 11.3 Å². The monoisotopic (exact) mass is 281 g/mol. The van der Waals surface area contributed by atoms with Crippen molar-refractivity contribution in [2.24, 2.45) is 11.1 Å². The van der Waals surface area contributed by atoms with Crippen molar-refractivity contribution < 1.29 is 4.79 Å². The van der Waals surface area contributed by atoms with Crippen LogP contribution in [0.25, 0.3) is 0 Å². The lowest BCUT2D eigenvalue weighted by atomic mass is 9.90. The zero-order valence-corrected chi connectivity index (χ0v) is 12.8. The predicted molar refractivity (Wildman–Crippen MR) is 79.4 cm³/mol. The van der Waals surface area contributed by atoms with Crippen molar-refractivity contribution in [3.63, 3.8) is 0 Å². The summed E-state index contributed by atoms with van der Waals surface area (Å²) in [6.45, 7) is 5.22. The van der Waals surface area contributed by atoms with E-state index >= 15 is 0 Å². The lowest BCUT2D eigenvalue weighted by molar-refractivity contribution is 0.0780. The van der Waals surface area contributed by atoms with Crippen LogP contribution in [0.3, 0.4) is 0 Å². The number of nitrogens with zero attached hydrogens (tertiary/aromatic N) is 2. The minimum absolute atomic E-state index is 0.0919. The summed E-state index contributed by atoms with van der Waals surface area (Å²) in [4.78, 5) is 17.5. The summed E-state index contributed by atoms with van der Waals surface area (Å²) in [6, 6.07) is 2.05. The third-order valence-corrected chi connectivity index (χ3v) is 4.71. The van der Waals surface area contributed by atoms with Crippen molar-refractivity contribution in [2.75, 3.05) is 33.7 Å². The maximum Gasteiger partial charge on any atom is 0.264 e. The average molecular weight is 281 g/mol. The highest BCUT2D eigenvalue weighted by Crippen LogP contribution is 2.31. The number of hydrogen-bond donors (Lipinski definition) is 1. The van der Waals surface area contributed by atoms with Gasteiger partial charge in [0.05, 0.1) is 4.88 Å². The van der Waals surface area contributed by atoms with E-state index in [0.29, 0.717) is 6.54 Å². The highest BCUT2D eigenvalue weighted by atomic mass is 32.1. The molecular formula is C14H23N3OS. The molecule has 2 heterocycles. The molecule has 5 heteroatoms. The first kappa shape index (κ1) is 14.5. The largest absolute Gasteiger partial charge is 0.337 e. The van der Waals surface area contributed by atoms with Gasteiger partial charge in [-0.2, -0.15) is 0 Å². The molecule has 0 saturated carbocycles. The Balaban J connectivity index is 2.11. The SMILES string of the molecule is CN(C)Cc1ccsc1C(=O)N1CCC(C)(CN)C1. The van der Waals surface area contributed by atoms with Gasteiger partial charge in [0.1, 0.15) is 0 Å². The number of likely N-dealkylation sites (tertiary alicyclic amines) is 1. The number of carbonyl (C=O) groups is 1. The number of carbonyl (C=O) groups excluding carboxylic acids is 1. The zero-order valence-electron chi connectivity index (χ0n) is 12.0. The van der Waals surface area contributed by atoms with Crippen LogP contribution in [0.5, 0.6) is 0 Å². The fraction of sp³-hybridized carbons (Fsp3) is 0.643. The quantitative estimate of drug-likeness (QED) is 0.912. The van der Waals surface area contributed by atoms with Gasteiger partial charge in [-0.3, -0.25) is 4.79 Å². The molecule has 1 saturated heterocycles. The first-order valence-electron chi connectivity index (χ1n) is 6.66. The highest BCUT2D eigenvalue weighted by Gasteiger charge is 2.35. The minimum Gasteiger partial charge on any atom is -0.337 e. The van der Waals surface area contributed by atoms with Crippen molar-refractivity contribution in [3.8, 4) is 0 Å². The normalized spacial score (nSPS) is 23.3. The topological polar surface area (TPSA) is 49.6 Å². The van der Waals surface area contributed by atoms with Crippen LogP contribution >= 0.6 is 11.3 Å². The lowest BCUT2D eigenvalue weighted by Gasteiger charge is -2.22. The number of rotatable bonds is 4. The summed E-state index contributed by atoms with van der Waals surface area (Å²) in [5, 5.41) is 2.00. The maximum absolute atomic E-state index is 12.6. The Morgan fingerprint density at radius 3 is 2.89 bits per heavy atom. The molecule has 1 aliphatic heterocycles. The second kappa shape index (κ2) is 5.61. The van der Waals surface area contributed by atoms with Crippen molar-refractivity contribution in [3.05, 3.63) is 21.9 Å². The Labute approximate surface area is 119 Å². The Bertz CT molecular complexity index is 457. The van der Waals surface area contributed by atoms with Crippen molar-refractivity contribution in [1.82, 2.24) is 9.80 Å². The molecule has 2 rings (SSSR count). The van der Waals surface area contributed by atoms with E-state index in [1.807, 2.05) is 24.4 Å². The fourth-order valence-electron chi connectivity index (χ4n) is 2.50. The molecule has 1 atom stereocenters. The van der Waals surface area contributed by atoms with Crippen LogP contribution in [0.2, 0.25) is 0 Å². The van der Waals surface area contributed by atoms with Crippen LogP contribution in [0.4, 0.5) is 0 Å². The van der Waals surface area contributed by atoms with Gasteiger partial charge >= 0.3 is 0 Å². The molecule has 19 heavy (non-hydrogen) atoms. The first-order valence-corrected chi connectivity index (χ1v) is 7.53. The molecule has 106 valence electrons. The Morgan fingerprint density at radius 2 is 2.32 bits per heavy atom. The minimum atomic E-state index is 0.0919. The number of nitrogens with two attached hydrogens (primary N) is 1. The third kappa shape index (κ3) is 3.16. The molecule has 1 aromatic heterocycles. The van der Waals surface area contributed by atoms with E-state index in [9.17, 15) is 4.79 Å². The summed E-state index contributed by atoms with van der Waals surface area (Å²) < 4.78 is 0. The second-order valence-electron chi connectivity index (χ2n) is 6.00. The van der Waals surface area contributed by atoms with Gasteiger partial charge in [-0.25, -0.2) is 0 Å². The zero-order chi connectivity index (χ0) is 14.0. The van der Waals surface area contributed by atoms with Gasteiger partial charge in [0.2, 0.25) is 0 Å². The molecule has 1 unspecified atom stereocenters. The number of amides is 1. The van der Waals surface area contributed by atoms with Crippen LogP contribution in [-0.4, -0.2) is 49.4 Å². The average Bonchev–Trinajstić information content (AvgIpc) is 2.95. The molecule has 0 spiro atoms. The van der Waals surface area contributed by atoms with Crippen molar-refractivity contribution >= 4 is 17.2 Å². The van der Waals surface area contributed by atoms with E-state index in [1.165, 1.54) is 0 Å². The van der Waals surface area contributed by atoms with Crippen LogP contribution in [0.1, 0.15) is 28.6 Å².